The molecule has 0 saturated heterocycles. The van der Waals surface area contributed by atoms with Crippen molar-refractivity contribution < 1.29 is 4.42 Å². The van der Waals surface area contributed by atoms with Crippen LogP contribution in [-0.2, 0) is 6.42 Å². The summed E-state index contributed by atoms with van der Waals surface area (Å²) in [5.74, 6) is 0.933. The zero-order chi connectivity index (χ0) is 18.4. The average Bonchev–Trinajstić information content (AvgIpc) is 3.23. The molecule has 132 valence electrons. The van der Waals surface area contributed by atoms with Crippen molar-refractivity contribution in [3.05, 3.63) is 46.6 Å². The lowest BCUT2D eigenvalue weighted by Crippen LogP contribution is -1.96. The molecular weight excluding hydrogens is 344 g/mol. The molecule has 26 heavy (non-hydrogen) atoms. The number of thiophene rings is 1. The topological polar surface area (TPSA) is 77.8 Å². The Hall–Kier alpha value is -2.73. The van der Waals surface area contributed by atoms with E-state index < -0.39 is 0 Å². The minimum Gasteiger partial charge on any atom is -0.415 e. The lowest BCUT2D eigenvalue weighted by molar-refractivity contribution is 0.586. The fourth-order valence-electron chi connectivity index (χ4n) is 3.11. The third-order valence-corrected chi connectivity index (χ3v) is 5.87. The SMILES string of the molecule is CCc1nc2sc(-c3nnc(-c4ccc(C)cc4)o3)c(N)c2c(C)c1C. The van der Waals surface area contributed by atoms with Gasteiger partial charge in [-0.25, -0.2) is 4.98 Å². The summed E-state index contributed by atoms with van der Waals surface area (Å²) in [5.41, 5.74) is 12.7. The Balaban J connectivity index is 1.84. The van der Waals surface area contributed by atoms with Gasteiger partial charge in [0.25, 0.3) is 5.89 Å². The molecule has 0 atom stereocenters. The molecule has 0 saturated carbocycles. The van der Waals surface area contributed by atoms with Gasteiger partial charge in [-0.15, -0.1) is 21.5 Å². The zero-order valence-electron chi connectivity index (χ0n) is 15.3. The standard InChI is InChI=1S/C20H20N4OS/c1-5-14-11(3)12(4)15-16(21)17(26-20(15)22-14)19-24-23-18(25-19)13-8-6-10(2)7-9-13/h6-9H,5,21H2,1-4H3. The van der Waals surface area contributed by atoms with Crippen LogP contribution in [0.5, 0.6) is 0 Å². The minimum atomic E-state index is 0.441. The molecule has 0 amide bonds. The molecule has 0 unspecified atom stereocenters. The maximum atomic E-state index is 6.44. The van der Waals surface area contributed by atoms with Gasteiger partial charge < -0.3 is 10.2 Å². The number of hydrogen-bond donors (Lipinski definition) is 1. The van der Waals surface area contributed by atoms with Crippen molar-refractivity contribution in [1.82, 2.24) is 15.2 Å². The van der Waals surface area contributed by atoms with Crippen molar-refractivity contribution >= 4 is 27.2 Å². The van der Waals surface area contributed by atoms with Gasteiger partial charge in [-0.1, -0.05) is 24.6 Å². The van der Waals surface area contributed by atoms with E-state index in [1.165, 1.54) is 28.0 Å². The highest BCUT2D eigenvalue weighted by molar-refractivity contribution is 7.22. The summed E-state index contributed by atoms with van der Waals surface area (Å²) in [6, 6.07) is 8.00. The number of nitrogens with two attached hydrogens (primary N) is 1. The summed E-state index contributed by atoms with van der Waals surface area (Å²) in [4.78, 5) is 6.49. The van der Waals surface area contributed by atoms with E-state index in [-0.39, 0.29) is 0 Å². The van der Waals surface area contributed by atoms with Crippen molar-refractivity contribution in [2.45, 2.75) is 34.1 Å². The van der Waals surface area contributed by atoms with Crippen LogP contribution in [-0.4, -0.2) is 15.2 Å². The van der Waals surface area contributed by atoms with E-state index in [4.69, 9.17) is 15.1 Å². The van der Waals surface area contributed by atoms with Gasteiger partial charge in [-0.3, -0.25) is 0 Å². The van der Waals surface area contributed by atoms with Gasteiger partial charge in [-0.05, 0) is 50.5 Å². The minimum absolute atomic E-state index is 0.441. The van der Waals surface area contributed by atoms with Gasteiger partial charge in [0.2, 0.25) is 5.89 Å². The number of anilines is 1. The molecule has 2 N–H and O–H groups in total. The first-order chi connectivity index (χ1) is 12.5. The van der Waals surface area contributed by atoms with Crippen LogP contribution in [0.15, 0.2) is 28.7 Å². The molecule has 0 aliphatic carbocycles. The van der Waals surface area contributed by atoms with E-state index in [9.17, 15) is 0 Å². The van der Waals surface area contributed by atoms with Gasteiger partial charge in [-0.2, -0.15) is 0 Å². The Kier molecular flexibility index (Phi) is 4.00. The third-order valence-electron chi connectivity index (χ3n) is 4.79. The number of benzene rings is 1. The summed E-state index contributed by atoms with van der Waals surface area (Å²) >= 11 is 1.51. The first-order valence-corrected chi connectivity index (χ1v) is 9.40. The second-order valence-corrected chi connectivity index (χ2v) is 7.46. The van der Waals surface area contributed by atoms with Crippen LogP contribution in [0, 0.1) is 20.8 Å². The van der Waals surface area contributed by atoms with E-state index >= 15 is 0 Å². The predicted molar refractivity (Wildman–Crippen MR) is 106 cm³/mol. The van der Waals surface area contributed by atoms with Gasteiger partial charge in [0, 0.05) is 16.6 Å². The van der Waals surface area contributed by atoms with Crippen LogP contribution in [0.4, 0.5) is 5.69 Å². The van der Waals surface area contributed by atoms with Crippen LogP contribution in [0.3, 0.4) is 0 Å². The molecule has 5 nitrogen and oxygen atoms in total. The highest BCUT2D eigenvalue weighted by atomic mass is 32.1. The largest absolute Gasteiger partial charge is 0.415 e. The summed E-state index contributed by atoms with van der Waals surface area (Å²) in [6.07, 6.45) is 0.897. The quantitative estimate of drug-likeness (QED) is 0.548. The van der Waals surface area contributed by atoms with Crippen LogP contribution in [0.25, 0.3) is 32.4 Å². The van der Waals surface area contributed by atoms with Crippen LogP contribution >= 0.6 is 11.3 Å². The predicted octanol–water partition coefficient (Wildman–Crippen LogP) is 5.08. The molecule has 1 aromatic carbocycles. The maximum Gasteiger partial charge on any atom is 0.260 e. The number of nitrogen functional groups attached to an aromatic ring is 1. The second kappa shape index (κ2) is 6.21. The molecule has 6 heteroatoms. The Morgan fingerprint density at radius 1 is 1.00 bits per heavy atom. The fourth-order valence-corrected chi connectivity index (χ4v) is 4.21. The van der Waals surface area contributed by atoms with Crippen molar-refractivity contribution in [3.8, 4) is 22.2 Å². The van der Waals surface area contributed by atoms with E-state index in [0.29, 0.717) is 17.5 Å². The Labute approximate surface area is 155 Å². The van der Waals surface area contributed by atoms with Crippen molar-refractivity contribution in [2.75, 3.05) is 5.73 Å². The molecule has 4 aromatic rings. The third kappa shape index (κ3) is 2.57. The molecule has 4 rings (SSSR count). The summed E-state index contributed by atoms with van der Waals surface area (Å²) in [6.45, 7) is 8.35. The van der Waals surface area contributed by atoms with E-state index in [2.05, 4.69) is 31.0 Å². The lowest BCUT2D eigenvalue weighted by atomic mass is 10.0. The highest BCUT2D eigenvalue weighted by Gasteiger charge is 2.21. The van der Waals surface area contributed by atoms with Gasteiger partial charge >= 0.3 is 0 Å². The Morgan fingerprint density at radius 2 is 1.69 bits per heavy atom. The highest BCUT2D eigenvalue weighted by Crippen LogP contribution is 2.42. The monoisotopic (exact) mass is 364 g/mol. The number of aromatic nitrogens is 3. The number of fused-ring (bicyclic) bond motifs is 1. The first kappa shape index (κ1) is 16.7. The smallest absolute Gasteiger partial charge is 0.260 e. The molecule has 0 aliphatic heterocycles. The summed E-state index contributed by atoms with van der Waals surface area (Å²) in [7, 11) is 0. The van der Waals surface area contributed by atoms with Crippen molar-refractivity contribution in [1.29, 1.82) is 0 Å². The Morgan fingerprint density at radius 3 is 2.38 bits per heavy atom. The van der Waals surface area contributed by atoms with Crippen molar-refractivity contribution in [2.24, 2.45) is 0 Å². The van der Waals surface area contributed by atoms with Crippen LogP contribution in [0.2, 0.25) is 0 Å². The number of aryl methyl sites for hydroxylation is 3. The number of pyridine rings is 1. The lowest BCUT2D eigenvalue weighted by Gasteiger charge is -2.07. The number of hydrogen-bond acceptors (Lipinski definition) is 6. The molecule has 0 radical (unpaired) electrons. The summed E-state index contributed by atoms with van der Waals surface area (Å²) < 4.78 is 5.91. The first-order valence-electron chi connectivity index (χ1n) is 8.58. The molecule has 3 aromatic heterocycles. The molecule has 0 fully saturated rings. The van der Waals surface area contributed by atoms with E-state index in [0.717, 1.165) is 32.8 Å². The number of nitrogens with zero attached hydrogens (tertiary/aromatic N) is 3. The second-order valence-electron chi connectivity index (χ2n) is 6.47. The van der Waals surface area contributed by atoms with E-state index in [1.807, 2.05) is 31.2 Å². The van der Waals surface area contributed by atoms with Crippen molar-refractivity contribution in [3.63, 3.8) is 0 Å². The zero-order valence-corrected chi connectivity index (χ0v) is 16.1. The number of rotatable bonds is 3. The molecule has 0 spiro atoms. The molecule has 3 heterocycles. The normalized spacial score (nSPS) is 11.4. The average molecular weight is 364 g/mol. The fraction of sp³-hybridized carbons (Fsp3) is 0.250. The molecule has 0 aliphatic rings. The summed E-state index contributed by atoms with van der Waals surface area (Å²) in [5, 5.41) is 9.41. The Bertz CT molecular complexity index is 1110. The molecular formula is C20H20N4OS. The van der Waals surface area contributed by atoms with Crippen LogP contribution in [0.1, 0.15) is 29.3 Å². The van der Waals surface area contributed by atoms with Gasteiger partial charge in [0.15, 0.2) is 0 Å². The van der Waals surface area contributed by atoms with E-state index in [1.54, 1.807) is 0 Å². The maximum absolute atomic E-state index is 6.44. The van der Waals surface area contributed by atoms with Gasteiger partial charge in [0.05, 0.1) is 5.69 Å². The molecule has 0 bridgehead atoms. The van der Waals surface area contributed by atoms with Crippen LogP contribution < -0.4 is 5.73 Å². The van der Waals surface area contributed by atoms with Gasteiger partial charge in [0.1, 0.15) is 9.71 Å².